The number of nitrogens with zero attached hydrogens (tertiary/aromatic N) is 3. The van der Waals surface area contributed by atoms with Crippen LogP contribution < -0.4 is 10.1 Å². The standard InChI is InChI=1S/C25H27ClN4O/c1-30(2)21-7-5-20(6-8-21)29-25-18(14-27)15-28-24-9-4-16(12-23(24)25)17-10-19(26)13-22(11-17)31-3/h4,9-13,15,20-21H,5-8H2,1-3H3,(H,28,29). The molecule has 0 atom stereocenters. The van der Waals surface area contributed by atoms with Gasteiger partial charge in [-0.25, -0.2) is 0 Å². The average Bonchev–Trinajstić information content (AvgIpc) is 2.78. The predicted molar refractivity (Wildman–Crippen MR) is 127 cm³/mol. The second-order valence-corrected chi connectivity index (χ2v) is 8.82. The first-order chi connectivity index (χ1) is 15.0. The minimum Gasteiger partial charge on any atom is -0.497 e. The molecule has 0 aliphatic heterocycles. The smallest absolute Gasteiger partial charge is 0.120 e. The number of nitriles is 1. The summed E-state index contributed by atoms with van der Waals surface area (Å²) < 4.78 is 5.38. The maximum atomic E-state index is 9.74. The molecule has 1 heterocycles. The number of hydrogen-bond donors (Lipinski definition) is 1. The molecule has 6 heteroatoms. The fourth-order valence-electron chi connectivity index (χ4n) is 4.40. The van der Waals surface area contributed by atoms with E-state index in [4.69, 9.17) is 16.3 Å². The molecule has 5 nitrogen and oxygen atoms in total. The lowest BCUT2D eigenvalue weighted by molar-refractivity contribution is 0.221. The molecule has 1 fully saturated rings. The van der Waals surface area contributed by atoms with Crippen molar-refractivity contribution in [1.29, 1.82) is 5.26 Å². The Morgan fingerprint density at radius 3 is 2.55 bits per heavy atom. The van der Waals surface area contributed by atoms with Gasteiger partial charge < -0.3 is 15.0 Å². The van der Waals surface area contributed by atoms with E-state index in [1.165, 1.54) is 0 Å². The molecule has 0 bridgehead atoms. The quantitative estimate of drug-likeness (QED) is 0.556. The SMILES string of the molecule is COc1cc(Cl)cc(-c2ccc3ncc(C#N)c(NC4CCC(N(C)C)CC4)c3c2)c1. The lowest BCUT2D eigenvalue weighted by Gasteiger charge is -2.33. The van der Waals surface area contributed by atoms with Crippen molar-refractivity contribution in [2.75, 3.05) is 26.5 Å². The van der Waals surface area contributed by atoms with E-state index in [1.807, 2.05) is 24.3 Å². The normalized spacial score (nSPS) is 18.7. The molecule has 2 aromatic carbocycles. The molecular formula is C25H27ClN4O. The molecule has 0 saturated heterocycles. The van der Waals surface area contributed by atoms with Crippen molar-refractivity contribution in [2.24, 2.45) is 0 Å². The minimum atomic E-state index is 0.351. The van der Waals surface area contributed by atoms with Crippen LogP contribution in [0, 0.1) is 11.3 Å². The number of ether oxygens (including phenoxy) is 1. The highest BCUT2D eigenvalue weighted by Gasteiger charge is 2.23. The Morgan fingerprint density at radius 2 is 1.87 bits per heavy atom. The van der Waals surface area contributed by atoms with E-state index in [9.17, 15) is 5.26 Å². The largest absolute Gasteiger partial charge is 0.497 e. The van der Waals surface area contributed by atoms with E-state index < -0.39 is 0 Å². The molecule has 160 valence electrons. The zero-order chi connectivity index (χ0) is 22.0. The highest BCUT2D eigenvalue weighted by molar-refractivity contribution is 6.31. The molecule has 0 radical (unpaired) electrons. The van der Waals surface area contributed by atoms with Gasteiger partial charge in [-0.05, 0) is 81.2 Å². The summed E-state index contributed by atoms with van der Waals surface area (Å²) in [5, 5.41) is 15.0. The highest BCUT2D eigenvalue weighted by Crippen LogP contribution is 2.35. The van der Waals surface area contributed by atoms with Crippen LogP contribution in [0.4, 0.5) is 5.69 Å². The Bertz CT molecular complexity index is 1130. The van der Waals surface area contributed by atoms with Gasteiger partial charge in [-0.2, -0.15) is 5.26 Å². The molecule has 4 rings (SSSR count). The fraction of sp³-hybridized carbons (Fsp3) is 0.360. The van der Waals surface area contributed by atoms with Crippen molar-refractivity contribution in [3.05, 3.63) is 53.2 Å². The number of halogens is 1. The van der Waals surface area contributed by atoms with Crippen LogP contribution in [0.3, 0.4) is 0 Å². The molecule has 1 aromatic heterocycles. The number of benzene rings is 2. The van der Waals surface area contributed by atoms with Gasteiger partial charge in [0.05, 0.1) is 23.9 Å². The molecule has 0 amide bonds. The van der Waals surface area contributed by atoms with Crippen LogP contribution in [0.5, 0.6) is 5.75 Å². The van der Waals surface area contributed by atoms with E-state index in [2.05, 4.69) is 41.4 Å². The summed E-state index contributed by atoms with van der Waals surface area (Å²) in [5.41, 5.74) is 4.27. The monoisotopic (exact) mass is 434 g/mol. The number of hydrogen-bond acceptors (Lipinski definition) is 5. The van der Waals surface area contributed by atoms with Crippen molar-refractivity contribution in [3.8, 4) is 22.9 Å². The molecule has 0 spiro atoms. The van der Waals surface area contributed by atoms with E-state index in [-0.39, 0.29) is 0 Å². The fourth-order valence-corrected chi connectivity index (χ4v) is 4.63. The van der Waals surface area contributed by atoms with Crippen LogP contribution in [-0.4, -0.2) is 43.2 Å². The lowest BCUT2D eigenvalue weighted by atomic mass is 9.90. The van der Waals surface area contributed by atoms with Gasteiger partial charge >= 0.3 is 0 Å². The van der Waals surface area contributed by atoms with Crippen molar-refractivity contribution in [1.82, 2.24) is 9.88 Å². The van der Waals surface area contributed by atoms with E-state index in [0.717, 1.165) is 53.4 Å². The van der Waals surface area contributed by atoms with Gasteiger partial charge in [0.1, 0.15) is 11.8 Å². The van der Waals surface area contributed by atoms with E-state index in [1.54, 1.807) is 19.4 Å². The molecule has 0 unspecified atom stereocenters. The summed E-state index contributed by atoms with van der Waals surface area (Å²) in [4.78, 5) is 6.82. The van der Waals surface area contributed by atoms with Gasteiger partial charge in [0.15, 0.2) is 0 Å². The summed E-state index contributed by atoms with van der Waals surface area (Å²) in [6, 6.07) is 15.1. The maximum Gasteiger partial charge on any atom is 0.120 e. The van der Waals surface area contributed by atoms with Crippen LogP contribution >= 0.6 is 11.6 Å². The van der Waals surface area contributed by atoms with E-state index >= 15 is 0 Å². The molecule has 3 aromatic rings. The van der Waals surface area contributed by atoms with Gasteiger partial charge in [-0.15, -0.1) is 0 Å². The third-order valence-electron chi connectivity index (χ3n) is 6.20. The first-order valence-electron chi connectivity index (χ1n) is 10.6. The highest BCUT2D eigenvalue weighted by atomic mass is 35.5. The van der Waals surface area contributed by atoms with Crippen LogP contribution in [-0.2, 0) is 0 Å². The molecule has 1 N–H and O–H groups in total. The molecule has 1 aliphatic carbocycles. The minimum absolute atomic E-state index is 0.351. The number of rotatable bonds is 5. The number of aromatic nitrogens is 1. The second-order valence-electron chi connectivity index (χ2n) is 8.38. The van der Waals surface area contributed by atoms with E-state index in [0.29, 0.717) is 28.4 Å². The molecule has 1 saturated carbocycles. The van der Waals surface area contributed by atoms with Crippen LogP contribution in [0.2, 0.25) is 5.02 Å². The number of pyridine rings is 1. The summed E-state index contributed by atoms with van der Waals surface area (Å²) in [6.45, 7) is 0. The topological polar surface area (TPSA) is 61.2 Å². The third-order valence-corrected chi connectivity index (χ3v) is 6.42. The maximum absolute atomic E-state index is 9.74. The lowest BCUT2D eigenvalue weighted by Crippen LogP contribution is -2.36. The van der Waals surface area contributed by atoms with Crippen LogP contribution in [0.25, 0.3) is 22.0 Å². The van der Waals surface area contributed by atoms with Crippen molar-refractivity contribution < 1.29 is 4.74 Å². The summed E-state index contributed by atoms with van der Waals surface area (Å²) >= 11 is 6.29. The van der Waals surface area contributed by atoms with Gasteiger partial charge in [0.25, 0.3) is 0 Å². The van der Waals surface area contributed by atoms with Crippen molar-refractivity contribution in [2.45, 2.75) is 37.8 Å². The second kappa shape index (κ2) is 9.13. The zero-order valence-corrected chi connectivity index (χ0v) is 18.9. The van der Waals surface area contributed by atoms with Crippen LogP contribution in [0.15, 0.2) is 42.6 Å². The Morgan fingerprint density at radius 1 is 1.10 bits per heavy atom. The first-order valence-corrected chi connectivity index (χ1v) is 11.0. The van der Waals surface area contributed by atoms with Gasteiger partial charge in [-0.1, -0.05) is 17.7 Å². The summed E-state index contributed by atoms with van der Waals surface area (Å²) in [7, 11) is 5.93. The number of methoxy groups -OCH3 is 1. The van der Waals surface area contributed by atoms with Crippen LogP contribution in [0.1, 0.15) is 31.2 Å². The summed E-state index contributed by atoms with van der Waals surface area (Å²) in [6.07, 6.45) is 6.15. The number of fused-ring (bicyclic) bond motifs is 1. The Labute approximate surface area is 188 Å². The average molecular weight is 435 g/mol. The Kier molecular flexibility index (Phi) is 6.31. The van der Waals surface area contributed by atoms with Crippen molar-refractivity contribution >= 4 is 28.2 Å². The Hall–Kier alpha value is -2.81. The van der Waals surface area contributed by atoms with Gasteiger partial charge in [0.2, 0.25) is 0 Å². The zero-order valence-electron chi connectivity index (χ0n) is 18.2. The summed E-state index contributed by atoms with van der Waals surface area (Å²) in [5.74, 6) is 0.711. The number of anilines is 1. The van der Waals surface area contributed by atoms with Crippen molar-refractivity contribution in [3.63, 3.8) is 0 Å². The first kappa shape index (κ1) is 21.4. The Balaban J connectivity index is 1.72. The third kappa shape index (κ3) is 4.61. The predicted octanol–water partition coefficient (Wildman–Crippen LogP) is 5.72. The molecular weight excluding hydrogens is 408 g/mol. The molecule has 31 heavy (non-hydrogen) atoms. The van der Waals surface area contributed by atoms with Gasteiger partial charge in [0, 0.05) is 28.7 Å². The van der Waals surface area contributed by atoms with Gasteiger partial charge in [-0.3, -0.25) is 4.98 Å². The number of nitrogens with one attached hydrogen (secondary N) is 1. The molecule has 1 aliphatic rings.